The fourth-order valence-corrected chi connectivity index (χ4v) is 1.67. The summed E-state index contributed by atoms with van der Waals surface area (Å²) < 4.78 is 9.74. The third-order valence-electron chi connectivity index (χ3n) is 2.44. The molecule has 0 spiro atoms. The van der Waals surface area contributed by atoms with Crippen LogP contribution in [0.3, 0.4) is 0 Å². The Balaban J connectivity index is 2.81. The number of esters is 2. The van der Waals surface area contributed by atoms with Gasteiger partial charge in [-0.15, -0.1) is 0 Å². The number of hydrogen-bond donors (Lipinski definition) is 1. The van der Waals surface area contributed by atoms with Crippen molar-refractivity contribution in [1.29, 1.82) is 0 Å². The molecule has 0 bridgehead atoms. The molecule has 0 amide bonds. The van der Waals surface area contributed by atoms with E-state index in [1.165, 1.54) is 12.2 Å². The summed E-state index contributed by atoms with van der Waals surface area (Å²) in [6.45, 7) is 4.94. The minimum atomic E-state index is -0.460. The Kier molecular flexibility index (Phi) is 5.97. The first-order valence-electron chi connectivity index (χ1n) is 6.18. The van der Waals surface area contributed by atoms with Crippen LogP contribution < -0.4 is 5.32 Å². The molecule has 0 unspecified atom stereocenters. The Morgan fingerprint density at radius 3 is 2.50 bits per heavy atom. The molecule has 1 aliphatic rings. The molecule has 100 valence electrons. The van der Waals surface area contributed by atoms with E-state index < -0.39 is 11.9 Å². The summed E-state index contributed by atoms with van der Waals surface area (Å²) in [7, 11) is 0. The molecular formula is C13H19NO4. The lowest BCUT2D eigenvalue weighted by Crippen LogP contribution is -2.14. The molecule has 0 saturated carbocycles. The maximum Gasteiger partial charge on any atom is 0.339 e. The van der Waals surface area contributed by atoms with Crippen LogP contribution >= 0.6 is 0 Å². The normalized spacial score (nSPS) is 17.4. The second-order valence-corrected chi connectivity index (χ2v) is 3.73. The molecule has 1 N–H and O–H groups in total. The van der Waals surface area contributed by atoms with Gasteiger partial charge in [-0.3, -0.25) is 0 Å². The van der Waals surface area contributed by atoms with Crippen LogP contribution in [0, 0.1) is 0 Å². The Hall–Kier alpha value is -1.78. The largest absolute Gasteiger partial charge is 0.463 e. The van der Waals surface area contributed by atoms with E-state index in [9.17, 15) is 9.59 Å². The van der Waals surface area contributed by atoms with Gasteiger partial charge in [0.15, 0.2) is 0 Å². The van der Waals surface area contributed by atoms with Gasteiger partial charge in [0.25, 0.3) is 0 Å². The smallest absolute Gasteiger partial charge is 0.339 e. The summed E-state index contributed by atoms with van der Waals surface area (Å²) in [6.07, 6.45) is 4.49. The predicted molar refractivity (Wildman–Crippen MR) is 66.7 cm³/mol. The lowest BCUT2D eigenvalue weighted by Gasteiger charge is -2.07. The van der Waals surface area contributed by atoms with Gasteiger partial charge in [0.2, 0.25) is 0 Å². The molecule has 0 aromatic heterocycles. The topological polar surface area (TPSA) is 64.6 Å². The molecule has 0 aromatic carbocycles. The van der Waals surface area contributed by atoms with Gasteiger partial charge in [0, 0.05) is 18.3 Å². The number of allylic oxidation sites excluding steroid dienone is 1. The Morgan fingerprint density at radius 1 is 1.22 bits per heavy atom. The van der Waals surface area contributed by atoms with Crippen LogP contribution in [0.2, 0.25) is 0 Å². The predicted octanol–water partition coefficient (Wildman–Crippen LogP) is 1.31. The monoisotopic (exact) mass is 253 g/mol. The Bertz CT molecular complexity index is 363. The van der Waals surface area contributed by atoms with Crippen molar-refractivity contribution in [3.8, 4) is 0 Å². The van der Waals surface area contributed by atoms with E-state index in [2.05, 4.69) is 5.32 Å². The van der Waals surface area contributed by atoms with Crippen molar-refractivity contribution in [1.82, 2.24) is 5.32 Å². The fraction of sp³-hybridized carbons (Fsp3) is 0.538. The van der Waals surface area contributed by atoms with Gasteiger partial charge >= 0.3 is 11.9 Å². The standard InChI is InChI=1S/C13H19NO4/c1-3-17-12(15)8-7-10(13(16)18-4-2)11-6-5-9-14-11/h7-8,14H,3-6,9H2,1-2H3/b8-7+,11-10-. The lowest BCUT2D eigenvalue weighted by atomic mass is 10.1. The van der Waals surface area contributed by atoms with E-state index in [-0.39, 0.29) is 0 Å². The molecule has 5 heteroatoms. The van der Waals surface area contributed by atoms with E-state index in [0.717, 1.165) is 25.1 Å². The van der Waals surface area contributed by atoms with Crippen LogP contribution in [0.4, 0.5) is 0 Å². The van der Waals surface area contributed by atoms with Crippen molar-refractivity contribution in [2.24, 2.45) is 0 Å². The number of rotatable bonds is 5. The van der Waals surface area contributed by atoms with Gasteiger partial charge < -0.3 is 14.8 Å². The lowest BCUT2D eigenvalue weighted by molar-refractivity contribution is -0.138. The van der Waals surface area contributed by atoms with Gasteiger partial charge in [-0.05, 0) is 32.8 Å². The van der Waals surface area contributed by atoms with Crippen molar-refractivity contribution < 1.29 is 19.1 Å². The molecule has 0 atom stereocenters. The average Bonchev–Trinajstić information content (AvgIpc) is 2.83. The number of nitrogens with one attached hydrogen (secondary N) is 1. The van der Waals surface area contributed by atoms with Crippen LogP contribution in [-0.2, 0) is 19.1 Å². The zero-order chi connectivity index (χ0) is 13.4. The van der Waals surface area contributed by atoms with Gasteiger partial charge in [-0.1, -0.05) is 0 Å². The molecule has 0 aromatic rings. The van der Waals surface area contributed by atoms with Crippen LogP contribution in [0.1, 0.15) is 26.7 Å². The van der Waals surface area contributed by atoms with E-state index in [4.69, 9.17) is 9.47 Å². The first kappa shape index (κ1) is 14.3. The van der Waals surface area contributed by atoms with Gasteiger partial charge in [0.05, 0.1) is 18.8 Å². The van der Waals surface area contributed by atoms with Crippen molar-refractivity contribution >= 4 is 11.9 Å². The Labute approximate surface area is 107 Å². The third-order valence-corrected chi connectivity index (χ3v) is 2.44. The Morgan fingerprint density at radius 2 is 1.94 bits per heavy atom. The highest BCUT2D eigenvalue weighted by Gasteiger charge is 2.17. The second-order valence-electron chi connectivity index (χ2n) is 3.73. The van der Waals surface area contributed by atoms with Crippen molar-refractivity contribution in [2.75, 3.05) is 19.8 Å². The van der Waals surface area contributed by atoms with E-state index in [1.807, 2.05) is 0 Å². The summed E-state index contributed by atoms with van der Waals surface area (Å²) in [5.41, 5.74) is 1.23. The molecule has 1 fully saturated rings. The summed E-state index contributed by atoms with van der Waals surface area (Å²) in [5, 5.41) is 3.13. The highest BCUT2D eigenvalue weighted by molar-refractivity contribution is 5.94. The number of carbonyl (C=O) groups is 2. The van der Waals surface area contributed by atoms with E-state index >= 15 is 0 Å². The highest BCUT2D eigenvalue weighted by atomic mass is 16.5. The maximum atomic E-state index is 11.8. The van der Waals surface area contributed by atoms with Crippen LogP contribution in [0.15, 0.2) is 23.4 Å². The molecule has 1 rings (SSSR count). The highest BCUT2D eigenvalue weighted by Crippen LogP contribution is 2.16. The molecule has 18 heavy (non-hydrogen) atoms. The first-order valence-corrected chi connectivity index (χ1v) is 6.18. The van der Waals surface area contributed by atoms with Crippen LogP contribution in [0.25, 0.3) is 0 Å². The first-order chi connectivity index (χ1) is 8.69. The maximum absolute atomic E-state index is 11.8. The summed E-state index contributed by atoms with van der Waals surface area (Å²) in [6, 6.07) is 0. The molecule has 1 heterocycles. The van der Waals surface area contributed by atoms with Gasteiger partial charge in [-0.25, -0.2) is 9.59 Å². The molecular weight excluding hydrogens is 234 g/mol. The molecule has 5 nitrogen and oxygen atoms in total. The van der Waals surface area contributed by atoms with Crippen LogP contribution in [-0.4, -0.2) is 31.7 Å². The summed E-state index contributed by atoms with van der Waals surface area (Å²) in [5.74, 6) is -0.875. The second kappa shape index (κ2) is 7.53. The van der Waals surface area contributed by atoms with Crippen molar-refractivity contribution in [3.63, 3.8) is 0 Å². The fourth-order valence-electron chi connectivity index (χ4n) is 1.67. The van der Waals surface area contributed by atoms with Gasteiger partial charge in [0.1, 0.15) is 0 Å². The SMILES string of the molecule is CCOC(=O)/C=C/C(C(=O)OCC)=C1\CCCN1. The zero-order valence-electron chi connectivity index (χ0n) is 10.8. The third kappa shape index (κ3) is 4.24. The van der Waals surface area contributed by atoms with E-state index in [1.54, 1.807) is 13.8 Å². The molecule has 0 radical (unpaired) electrons. The summed E-state index contributed by atoms with van der Waals surface area (Å²) in [4.78, 5) is 23.0. The number of hydrogen-bond acceptors (Lipinski definition) is 5. The summed E-state index contributed by atoms with van der Waals surface area (Å²) >= 11 is 0. The number of ether oxygens (including phenoxy) is 2. The average molecular weight is 253 g/mol. The van der Waals surface area contributed by atoms with Crippen molar-refractivity contribution in [2.45, 2.75) is 26.7 Å². The molecule has 0 aliphatic carbocycles. The van der Waals surface area contributed by atoms with E-state index in [0.29, 0.717) is 18.8 Å². The zero-order valence-corrected chi connectivity index (χ0v) is 10.8. The minimum Gasteiger partial charge on any atom is -0.463 e. The van der Waals surface area contributed by atoms with Crippen molar-refractivity contribution in [3.05, 3.63) is 23.4 Å². The molecule has 1 aliphatic heterocycles. The molecule has 1 saturated heterocycles. The quantitative estimate of drug-likeness (QED) is 0.591. The number of carbonyl (C=O) groups excluding carboxylic acids is 2. The van der Waals surface area contributed by atoms with Gasteiger partial charge in [-0.2, -0.15) is 0 Å². The van der Waals surface area contributed by atoms with Crippen LogP contribution in [0.5, 0.6) is 0 Å². The minimum absolute atomic E-state index is 0.308.